The maximum absolute atomic E-state index is 13.2. The Labute approximate surface area is 215 Å². The van der Waals surface area contributed by atoms with Gasteiger partial charge in [0.1, 0.15) is 5.75 Å². The van der Waals surface area contributed by atoms with Gasteiger partial charge in [0, 0.05) is 11.8 Å². The number of hydrogen-bond donors (Lipinski definition) is 1. The van der Waals surface area contributed by atoms with Gasteiger partial charge in [-0.3, -0.25) is 9.35 Å². The fraction of sp³-hybridized carbons (Fsp3) is 0.310. The minimum absolute atomic E-state index is 0.106. The monoisotopic (exact) mass is 518 g/mol. The molecular formula is C29H26O7S. The number of carbonyl (C=O) groups is 2. The minimum atomic E-state index is -4.38. The second-order valence-electron chi connectivity index (χ2n) is 9.91. The van der Waals surface area contributed by atoms with Crippen molar-refractivity contribution in [3.05, 3.63) is 94.0 Å². The lowest BCUT2D eigenvalue weighted by atomic mass is 9.59. The lowest BCUT2D eigenvalue weighted by Gasteiger charge is -2.44. The normalized spacial score (nSPS) is 21.4. The Hall–Kier alpha value is -3.49. The third-order valence-corrected chi connectivity index (χ3v) is 8.83. The maximum Gasteiger partial charge on any atom is 0.349 e. The van der Waals surface area contributed by atoms with Crippen molar-refractivity contribution >= 4 is 22.1 Å². The molecule has 0 fully saturated rings. The first-order chi connectivity index (χ1) is 17.8. The van der Waals surface area contributed by atoms with E-state index in [1.165, 1.54) is 23.3 Å². The number of hydrogen-bond acceptors (Lipinski definition) is 6. The Kier molecular flexibility index (Phi) is 5.88. The average Bonchev–Trinajstić information content (AvgIpc) is 2.91. The molecule has 1 unspecified atom stereocenters. The summed E-state index contributed by atoms with van der Waals surface area (Å²) in [5.74, 6) is -1.34. The van der Waals surface area contributed by atoms with Crippen LogP contribution in [0.15, 0.2) is 65.6 Å². The number of benzene rings is 3. The highest BCUT2D eigenvalue weighted by Crippen LogP contribution is 2.55. The minimum Gasteiger partial charge on any atom is -0.453 e. The van der Waals surface area contributed by atoms with Crippen molar-refractivity contribution in [1.29, 1.82) is 0 Å². The standard InChI is InChI=1S/C29H26O7S/c30-27(36-25-13-14-26(37(32,33)34)20-10-4-3-9-19(20)25)16-35-29(31)24-15-23-17-7-1-5-11-21(17)28(24)22-12-6-2-8-18(22)23/h1-2,5-8,11-14,23-24,28H,3-4,9-10,15-16H2,(H,32,33,34). The summed E-state index contributed by atoms with van der Waals surface area (Å²) in [5.41, 5.74) is 5.83. The number of carbonyl (C=O) groups excluding carboxylic acids is 2. The zero-order valence-electron chi connectivity index (χ0n) is 20.1. The molecule has 0 saturated heterocycles. The van der Waals surface area contributed by atoms with Gasteiger partial charge in [0.25, 0.3) is 10.1 Å². The second kappa shape index (κ2) is 9.11. The van der Waals surface area contributed by atoms with Gasteiger partial charge in [0.15, 0.2) is 6.61 Å². The molecule has 0 aromatic heterocycles. The van der Waals surface area contributed by atoms with Crippen molar-refractivity contribution in [3.8, 4) is 5.75 Å². The summed E-state index contributed by atoms with van der Waals surface area (Å²) in [6.07, 6.45) is 3.22. The molecule has 190 valence electrons. The van der Waals surface area contributed by atoms with Gasteiger partial charge >= 0.3 is 11.9 Å². The lowest BCUT2D eigenvalue weighted by Crippen LogP contribution is -2.37. The third kappa shape index (κ3) is 4.14. The van der Waals surface area contributed by atoms with E-state index < -0.39 is 34.6 Å². The first-order valence-corrected chi connectivity index (χ1v) is 13.9. The van der Waals surface area contributed by atoms with E-state index in [2.05, 4.69) is 24.3 Å². The summed E-state index contributed by atoms with van der Waals surface area (Å²) in [4.78, 5) is 25.7. The van der Waals surface area contributed by atoms with Crippen molar-refractivity contribution in [3.63, 3.8) is 0 Å². The Balaban J connectivity index is 1.18. The van der Waals surface area contributed by atoms with Crippen LogP contribution in [0.25, 0.3) is 0 Å². The predicted molar refractivity (Wildman–Crippen MR) is 134 cm³/mol. The van der Waals surface area contributed by atoms with E-state index in [4.69, 9.17) is 9.47 Å². The predicted octanol–water partition coefficient (Wildman–Crippen LogP) is 4.56. The highest BCUT2D eigenvalue weighted by Gasteiger charge is 2.46. The Morgan fingerprint density at radius 2 is 1.43 bits per heavy atom. The molecule has 4 aliphatic carbocycles. The van der Waals surface area contributed by atoms with Gasteiger partial charge in [0.2, 0.25) is 0 Å². The summed E-state index contributed by atoms with van der Waals surface area (Å²) in [5, 5.41) is 0. The molecule has 0 heterocycles. The van der Waals surface area contributed by atoms with Crippen LogP contribution in [0.4, 0.5) is 0 Å². The molecule has 0 saturated carbocycles. The molecule has 3 aromatic rings. The van der Waals surface area contributed by atoms with Crippen LogP contribution >= 0.6 is 0 Å². The van der Waals surface area contributed by atoms with Crippen molar-refractivity contribution in [2.75, 3.05) is 6.61 Å². The summed E-state index contributed by atoms with van der Waals surface area (Å²) < 4.78 is 44.1. The molecule has 7 nitrogen and oxygen atoms in total. The van der Waals surface area contributed by atoms with Crippen LogP contribution in [0.2, 0.25) is 0 Å². The molecule has 1 atom stereocenters. The molecule has 37 heavy (non-hydrogen) atoms. The van der Waals surface area contributed by atoms with Crippen molar-refractivity contribution in [2.45, 2.75) is 48.8 Å². The van der Waals surface area contributed by atoms with Gasteiger partial charge in [-0.25, -0.2) is 4.79 Å². The number of ether oxygens (including phenoxy) is 2. The number of rotatable bonds is 5. The van der Waals surface area contributed by atoms with Crippen molar-refractivity contribution in [1.82, 2.24) is 0 Å². The molecule has 2 bridgehead atoms. The molecule has 8 heteroatoms. The largest absolute Gasteiger partial charge is 0.453 e. The van der Waals surface area contributed by atoms with Crippen molar-refractivity contribution < 1.29 is 32.0 Å². The van der Waals surface area contributed by atoms with E-state index >= 15 is 0 Å². The second-order valence-corrected chi connectivity index (χ2v) is 11.3. The van der Waals surface area contributed by atoms with Crippen LogP contribution in [-0.4, -0.2) is 31.5 Å². The molecule has 4 aliphatic rings. The van der Waals surface area contributed by atoms with Gasteiger partial charge in [0.05, 0.1) is 10.8 Å². The van der Waals surface area contributed by atoms with Crippen LogP contribution in [0, 0.1) is 5.92 Å². The molecule has 7 rings (SSSR count). The summed E-state index contributed by atoms with van der Waals surface area (Å²) in [6, 6.07) is 19.0. The van der Waals surface area contributed by atoms with E-state index in [0.29, 0.717) is 30.4 Å². The smallest absolute Gasteiger partial charge is 0.349 e. The van der Waals surface area contributed by atoms with Gasteiger partial charge in [-0.05, 0) is 77.6 Å². The molecule has 0 spiro atoms. The van der Waals surface area contributed by atoms with Gasteiger partial charge in [-0.15, -0.1) is 0 Å². The van der Waals surface area contributed by atoms with E-state index in [1.54, 1.807) is 0 Å². The van der Waals surface area contributed by atoms with E-state index in [-0.39, 0.29) is 22.5 Å². The molecule has 0 radical (unpaired) electrons. The summed E-state index contributed by atoms with van der Waals surface area (Å²) >= 11 is 0. The third-order valence-electron chi connectivity index (χ3n) is 7.89. The SMILES string of the molecule is O=C(COC(=O)C1CC2c3ccccc3C1c1ccccc12)Oc1ccc(S(=O)(=O)O)c2c1CCCC2. The zero-order chi connectivity index (χ0) is 25.7. The molecular weight excluding hydrogens is 492 g/mol. The molecule has 0 amide bonds. The average molecular weight is 519 g/mol. The first kappa shape index (κ1) is 23.9. The zero-order valence-corrected chi connectivity index (χ0v) is 20.9. The van der Waals surface area contributed by atoms with Gasteiger partial charge in [-0.1, -0.05) is 48.5 Å². The van der Waals surface area contributed by atoms with E-state index in [1.807, 2.05) is 24.3 Å². The number of fused-ring (bicyclic) bond motifs is 2. The van der Waals surface area contributed by atoms with E-state index in [9.17, 15) is 22.6 Å². The van der Waals surface area contributed by atoms with Gasteiger partial charge in [-0.2, -0.15) is 8.42 Å². The quantitative estimate of drug-likeness (QED) is 0.300. The van der Waals surface area contributed by atoms with Crippen LogP contribution in [0.1, 0.15) is 64.5 Å². The highest BCUT2D eigenvalue weighted by atomic mass is 32.2. The highest BCUT2D eigenvalue weighted by molar-refractivity contribution is 7.85. The van der Waals surface area contributed by atoms with Crippen LogP contribution in [-0.2, 0) is 37.3 Å². The van der Waals surface area contributed by atoms with Crippen LogP contribution in [0.5, 0.6) is 5.75 Å². The Morgan fingerprint density at radius 1 is 0.838 bits per heavy atom. The fourth-order valence-electron chi connectivity index (χ4n) is 6.40. The van der Waals surface area contributed by atoms with E-state index in [0.717, 1.165) is 24.0 Å². The Bertz CT molecular complexity index is 1480. The summed E-state index contributed by atoms with van der Waals surface area (Å²) in [7, 11) is -4.38. The van der Waals surface area contributed by atoms with Crippen molar-refractivity contribution in [2.24, 2.45) is 5.92 Å². The fourth-order valence-corrected chi connectivity index (χ4v) is 7.17. The van der Waals surface area contributed by atoms with Gasteiger partial charge < -0.3 is 9.47 Å². The molecule has 0 aliphatic heterocycles. The summed E-state index contributed by atoms with van der Waals surface area (Å²) in [6.45, 7) is -0.537. The van der Waals surface area contributed by atoms with Crippen LogP contribution < -0.4 is 4.74 Å². The first-order valence-electron chi connectivity index (χ1n) is 12.5. The Morgan fingerprint density at radius 3 is 2.05 bits per heavy atom. The number of esters is 2. The molecule has 3 aromatic carbocycles. The van der Waals surface area contributed by atoms with Crippen LogP contribution in [0.3, 0.4) is 0 Å². The molecule has 1 N–H and O–H groups in total. The maximum atomic E-state index is 13.2. The lowest BCUT2D eigenvalue weighted by molar-refractivity contribution is -0.158. The topological polar surface area (TPSA) is 107 Å².